The maximum atomic E-state index is 12.9. The summed E-state index contributed by atoms with van der Waals surface area (Å²) in [5, 5.41) is 3.18. The molecule has 1 aliphatic rings. The minimum absolute atomic E-state index is 0.0591. The van der Waals surface area contributed by atoms with E-state index in [-0.39, 0.29) is 6.54 Å². The van der Waals surface area contributed by atoms with Crippen LogP contribution in [0.15, 0.2) is 42.6 Å². The van der Waals surface area contributed by atoms with E-state index in [1.807, 2.05) is 30.3 Å². The highest BCUT2D eigenvalue weighted by Gasteiger charge is 2.36. The second-order valence-electron chi connectivity index (χ2n) is 7.19. The van der Waals surface area contributed by atoms with Crippen molar-refractivity contribution in [1.82, 2.24) is 9.88 Å². The molecule has 0 aliphatic carbocycles. The molecule has 1 unspecified atom stereocenters. The molecule has 1 atom stereocenters. The lowest BCUT2D eigenvalue weighted by Gasteiger charge is -2.24. The van der Waals surface area contributed by atoms with Crippen molar-refractivity contribution in [3.8, 4) is 5.75 Å². The zero-order valence-corrected chi connectivity index (χ0v) is 16.2. The lowest BCUT2D eigenvalue weighted by Crippen LogP contribution is -2.40. The zero-order chi connectivity index (χ0) is 20.9. The van der Waals surface area contributed by atoms with Crippen molar-refractivity contribution in [3.63, 3.8) is 0 Å². The molecular weight excluding hydrogens is 383 g/mol. The number of carbonyl (C=O) groups excluding carboxylic acids is 1. The second kappa shape index (κ2) is 9.15. The average molecular weight is 407 g/mol. The molecule has 1 aliphatic heterocycles. The topological polar surface area (TPSA) is 54.5 Å². The van der Waals surface area contributed by atoms with Gasteiger partial charge in [0.2, 0.25) is 5.91 Å². The number of fused-ring (bicyclic) bond motifs is 1. The molecule has 1 N–H and O–H groups in total. The van der Waals surface area contributed by atoms with Crippen LogP contribution in [-0.4, -0.2) is 41.7 Å². The van der Waals surface area contributed by atoms with Gasteiger partial charge in [0.15, 0.2) is 0 Å². The smallest absolute Gasteiger partial charge is 0.406 e. The highest BCUT2D eigenvalue weighted by Crippen LogP contribution is 2.28. The molecule has 0 saturated heterocycles. The van der Waals surface area contributed by atoms with Crippen LogP contribution in [0.4, 0.5) is 19.0 Å². The number of rotatable bonds is 7. The van der Waals surface area contributed by atoms with E-state index in [1.54, 1.807) is 19.2 Å². The van der Waals surface area contributed by atoms with Gasteiger partial charge in [-0.25, -0.2) is 4.98 Å². The highest BCUT2D eigenvalue weighted by atomic mass is 19.4. The molecule has 8 heteroatoms. The van der Waals surface area contributed by atoms with Crippen LogP contribution in [0.25, 0.3) is 0 Å². The number of hydrogen-bond acceptors (Lipinski definition) is 4. The second-order valence-corrected chi connectivity index (χ2v) is 7.19. The Hall–Kier alpha value is -2.77. The summed E-state index contributed by atoms with van der Waals surface area (Å²) in [5.74, 6) is 0.432. The number of benzene rings is 1. The first-order chi connectivity index (χ1) is 13.8. The Morgan fingerprint density at radius 2 is 2.07 bits per heavy atom. The van der Waals surface area contributed by atoms with Gasteiger partial charge >= 0.3 is 6.18 Å². The fraction of sp³-hybridized carbons (Fsp3) is 0.429. The van der Waals surface area contributed by atoms with E-state index in [1.165, 1.54) is 0 Å². The number of aromatic nitrogens is 1. The van der Waals surface area contributed by atoms with Gasteiger partial charge in [0.1, 0.15) is 18.1 Å². The lowest BCUT2D eigenvalue weighted by molar-refractivity contribution is -0.164. The van der Waals surface area contributed by atoms with Crippen LogP contribution >= 0.6 is 0 Å². The fourth-order valence-corrected chi connectivity index (χ4v) is 3.35. The van der Waals surface area contributed by atoms with E-state index in [4.69, 9.17) is 4.74 Å². The van der Waals surface area contributed by atoms with Crippen molar-refractivity contribution in [2.24, 2.45) is 5.92 Å². The third-order valence-electron chi connectivity index (χ3n) is 4.73. The van der Waals surface area contributed by atoms with E-state index >= 15 is 0 Å². The third kappa shape index (κ3) is 6.10. The molecule has 1 amide bonds. The van der Waals surface area contributed by atoms with E-state index in [0.717, 1.165) is 22.7 Å². The Morgan fingerprint density at radius 1 is 1.24 bits per heavy atom. The summed E-state index contributed by atoms with van der Waals surface area (Å²) in [5.41, 5.74) is 1.59. The summed E-state index contributed by atoms with van der Waals surface area (Å²) in [4.78, 5) is 17.4. The first-order valence-corrected chi connectivity index (χ1v) is 9.57. The number of pyridine rings is 1. The van der Waals surface area contributed by atoms with E-state index in [9.17, 15) is 18.0 Å². The Labute approximate surface area is 167 Å². The molecule has 5 nitrogen and oxygen atoms in total. The van der Waals surface area contributed by atoms with Crippen LogP contribution in [0.2, 0.25) is 0 Å². The predicted molar refractivity (Wildman–Crippen MR) is 104 cm³/mol. The van der Waals surface area contributed by atoms with Gasteiger partial charge in [0, 0.05) is 25.2 Å². The SMILES string of the molecule is CC1Cc2ccc(OCCCNc3ccccn3)cc2CN(CC(F)(F)F)C1=O. The first kappa shape index (κ1) is 21.0. The first-order valence-electron chi connectivity index (χ1n) is 9.57. The average Bonchev–Trinajstić information content (AvgIpc) is 2.78. The third-order valence-corrected chi connectivity index (χ3v) is 4.73. The fourth-order valence-electron chi connectivity index (χ4n) is 3.35. The quantitative estimate of drug-likeness (QED) is 0.704. The minimum atomic E-state index is -4.42. The van der Waals surface area contributed by atoms with Gasteiger partial charge in [0.05, 0.1) is 6.61 Å². The number of nitrogens with zero attached hydrogens (tertiary/aromatic N) is 2. The molecule has 2 heterocycles. The van der Waals surface area contributed by atoms with Crippen LogP contribution in [-0.2, 0) is 17.8 Å². The number of amides is 1. The maximum absolute atomic E-state index is 12.9. The Balaban J connectivity index is 1.58. The monoisotopic (exact) mass is 407 g/mol. The number of nitrogens with one attached hydrogen (secondary N) is 1. The molecule has 3 rings (SSSR count). The molecule has 0 spiro atoms. The largest absolute Gasteiger partial charge is 0.494 e. The van der Waals surface area contributed by atoms with Crippen LogP contribution in [0, 0.1) is 5.92 Å². The molecule has 0 bridgehead atoms. The summed E-state index contributed by atoms with van der Waals surface area (Å²) < 4.78 is 44.3. The van der Waals surface area contributed by atoms with E-state index < -0.39 is 24.5 Å². The van der Waals surface area contributed by atoms with Crippen LogP contribution in [0.1, 0.15) is 24.5 Å². The van der Waals surface area contributed by atoms with Gasteiger partial charge in [-0.15, -0.1) is 0 Å². The normalized spacial score (nSPS) is 16.9. The maximum Gasteiger partial charge on any atom is 0.406 e. The highest BCUT2D eigenvalue weighted by molar-refractivity contribution is 5.79. The number of halogens is 3. The molecule has 0 fully saturated rings. The number of carbonyl (C=O) groups is 1. The molecule has 0 radical (unpaired) electrons. The van der Waals surface area contributed by atoms with Crippen molar-refractivity contribution in [1.29, 1.82) is 0 Å². The Kier molecular flexibility index (Phi) is 6.61. The molecule has 156 valence electrons. The number of hydrogen-bond donors (Lipinski definition) is 1. The van der Waals surface area contributed by atoms with Gasteiger partial charge in [0.25, 0.3) is 0 Å². The summed E-state index contributed by atoms with van der Waals surface area (Å²) in [6.07, 6.45) is -1.54. The Bertz CT molecular complexity index is 828. The summed E-state index contributed by atoms with van der Waals surface area (Å²) in [7, 11) is 0. The van der Waals surface area contributed by atoms with Crippen molar-refractivity contribution in [2.45, 2.75) is 32.5 Å². The zero-order valence-electron chi connectivity index (χ0n) is 16.2. The van der Waals surface area contributed by atoms with Crippen LogP contribution in [0.3, 0.4) is 0 Å². The van der Waals surface area contributed by atoms with Crippen molar-refractivity contribution in [3.05, 3.63) is 53.7 Å². The molecule has 0 saturated carbocycles. The summed E-state index contributed by atoms with van der Waals surface area (Å²) >= 11 is 0. The van der Waals surface area contributed by atoms with Crippen molar-refractivity contribution < 1.29 is 22.7 Å². The number of alkyl halides is 3. The molecule has 1 aromatic carbocycles. The van der Waals surface area contributed by atoms with Gasteiger partial charge in [-0.3, -0.25) is 4.79 Å². The molecule has 1 aromatic heterocycles. The lowest BCUT2D eigenvalue weighted by atomic mass is 9.98. The van der Waals surface area contributed by atoms with E-state index in [0.29, 0.717) is 30.9 Å². The van der Waals surface area contributed by atoms with Gasteiger partial charge in [-0.1, -0.05) is 19.1 Å². The predicted octanol–water partition coefficient (Wildman–Crippen LogP) is 4.05. The standard InChI is InChI=1S/C21H24F3N3O2/c1-15-11-16-6-7-18(29-10-4-9-26-19-5-2-3-8-25-19)12-17(16)13-27(20(15)28)14-21(22,23)24/h2-3,5-8,12,15H,4,9-11,13-14H2,1H3,(H,25,26). The number of ether oxygens (including phenoxy) is 1. The summed E-state index contributed by atoms with van der Waals surface area (Å²) in [6.45, 7) is 1.52. The molecular formula is C21H24F3N3O2. The van der Waals surface area contributed by atoms with Gasteiger partial charge in [-0.2, -0.15) is 13.2 Å². The Morgan fingerprint density at radius 3 is 2.79 bits per heavy atom. The summed E-state index contributed by atoms with van der Waals surface area (Å²) in [6, 6.07) is 11.0. The minimum Gasteiger partial charge on any atom is -0.494 e. The van der Waals surface area contributed by atoms with Crippen LogP contribution < -0.4 is 10.1 Å². The molecule has 29 heavy (non-hydrogen) atoms. The van der Waals surface area contributed by atoms with Crippen molar-refractivity contribution in [2.75, 3.05) is 25.0 Å². The number of anilines is 1. The van der Waals surface area contributed by atoms with Crippen LogP contribution in [0.5, 0.6) is 5.75 Å². The van der Waals surface area contributed by atoms with Gasteiger partial charge in [-0.05, 0) is 48.2 Å². The van der Waals surface area contributed by atoms with E-state index in [2.05, 4.69) is 10.3 Å². The molecule has 2 aromatic rings. The van der Waals surface area contributed by atoms with Gasteiger partial charge < -0.3 is 15.0 Å². The van der Waals surface area contributed by atoms with Crippen molar-refractivity contribution >= 4 is 11.7 Å².